The zero-order valence-electron chi connectivity index (χ0n) is 16.8. The smallest absolute Gasteiger partial charge is 0.253 e. The van der Waals surface area contributed by atoms with Crippen molar-refractivity contribution in [1.82, 2.24) is 24.6 Å². The second-order valence-corrected chi connectivity index (χ2v) is 8.29. The summed E-state index contributed by atoms with van der Waals surface area (Å²) in [5, 5.41) is 5.43. The Morgan fingerprint density at radius 3 is 2.90 bits per heavy atom. The van der Waals surface area contributed by atoms with E-state index in [1.807, 2.05) is 53.3 Å². The molecule has 2 saturated heterocycles. The highest BCUT2D eigenvalue weighted by atomic mass is 16.5. The minimum atomic E-state index is 0.00822. The molecule has 1 spiro atoms. The van der Waals surface area contributed by atoms with E-state index in [2.05, 4.69) is 21.2 Å². The van der Waals surface area contributed by atoms with E-state index in [1.165, 1.54) is 5.56 Å². The first-order valence-corrected chi connectivity index (χ1v) is 10.3. The summed E-state index contributed by atoms with van der Waals surface area (Å²) in [6, 6.07) is 7.92. The van der Waals surface area contributed by atoms with Crippen LogP contribution in [0.2, 0.25) is 0 Å². The number of hydrogen-bond acceptors (Lipinski definition) is 4. The number of carbonyl (C=O) groups is 1. The van der Waals surface area contributed by atoms with E-state index < -0.39 is 0 Å². The third kappa shape index (κ3) is 3.45. The first kappa shape index (κ1) is 18.4. The summed E-state index contributed by atoms with van der Waals surface area (Å²) in [5.41, 5.74) is 3.00. The van der Waals surface area contributed by atoms with Crippen molar-refractivity contribution in [3.63, 3.8) is 0 Å². The third-order valence-electron chi connectivity index (χ3n) is 6.46. The molecular formula is C22H27N5O2. The highest BCUT2D eigenvalue weighted by molar-refractivity contribution is 5.98. The molecule has 7 heteroatoms. The number of H-pyrrole nitrogens is 1. The van der Waals surface area contributed by atoms with Gasteiger partial charge >= 0.3 is 0 Å². The van der Waals surface area contributed by atoms with E-state index in [0.717, 1.165) is 68.7 Å². The van der Waals surface area contributed by atoms with Crippen LogP contribution in [-0.4, -0.2) is 68.9 Å². The summed E-state index contributed by atoms with van der Waals surface area (Å²) in [6.07, 6.45) is 7.80. The molecule has 152 valence electrons. The van der Waals surface area contributed by atoms with E-state index in [0.29, 0.717) is 0 Å². The van der Waals surface area contributed by atoms with Crippen LogP contribution in [0.15, 0.2) is 42.9 Å². The Bertz CT molecular complexity index is 1020. The predicted molar refractivity (Wildman–Crippen MR) is 111 cm³/mol. The second kappa shape index (κ2) is 7.31. The highest BCUT2D eigenvalue weighted by Crippen LogP contribution is 2.33. The highest BCUT2D eigenvalue weighted by Gasteiger charge is 2.43. The van der Waals surface area contributed by atoms with Crippen LogP contribution in [0.5, 0.6) is 0 Å². The fourth-order valence-corrected chi connectivity index (χ4v) is 4.74. The molecule has 2 aliphatic rings. The number of morpholine rings is 1. The lowest BCUT2D eigenvalue weighted by Gasteiger charge is -2.51. The maximum Gasteiger partial charge on any atom is 0.253 e. The number of amides is 1. The molecule has 29 heavy (non-hydrogen) atoms. The number of carbonyl (C=O) groups excluding carboxylic acids is 1. The number of likely N-dealkylation sites (tertiary alicyclic amines) is 1. The predicted octanol–water partition coefficient (Wildman–Crippen LogP) is 2.41. The Balaban J connectivity index is 1.29. The Morgan fingerprint density at radius 1 is 1.24 bits per heavy atom. The first-order chi connectivity index (χ1) is 14.1. The molecule has 2 aliphatic heterocycles. The molecule has 7 nitrogen and oxygen atoms in total. The Labute approximate surface area is 170 Å². The summed E-state index contributed by atoms with van der Waals surface area (Å²) in [7, 11) is 1.95. The van der Waals surface area contributed by atoms with Gasteiger partial charge in [-0.15, -0.1) is 0 Å². The van der Waals surface area contributed by atoms with Gasteiger partial charge in [0.15, 0.2) is 0 Å². The zero-order valence-corrected chi connectivity index (χ0v) is 16.8. The molecule has 0 radical (unpaired) electrons. The lowest BCUT2D eigenvalue weighted by molar-refractivity contribution is -0.0958. The molecule has 3 aromatic rings. The van der Waals surface area contributed by atoms with Gasteiger partial charge < -0.3 is 14.6 Å². The lowest BCUT2D eigenvalue weighted by Crippen LogP contribution is -2.61. The minimum absolute atomic E-state index is 0.00822. The summed E-state index contributed by atoms with van der Waals surface area (Å²) < 4.78 is 7.74. The number of benzene rings is 1. The van der Waals surface area contributed by atoms with Gasteiger partial charge in [-0.25, -0.2) is 0 Å². The van der Waals surface area contributed by atoms with Crippen LogP contribution in [0.3, 0.4) is 0 Å². The van der Waals surface area contributed by atoms with Crippen molar-refractivity contribution < 1.29 is 9.53 Å². The molecule has 4 heterocycles. The van der Waals surface area contributed by atoms with Crippen molar-refractivity contribution in [3.8, 4) is 0 Å². The van der Waals surface area contributed by atoms with Crippen LogP contribution >= 0.6 is 0 Å². The topological polar surface area (TPSA) is 66.4 Å². The number of hydrogen-bond donors (Lipinski definition) is 1. The van der Waals surface area contributed by atoms with E-state index in [1.54, 1.807) is 0 Å². The van der Waals surface area contributed by atoms with Gasteiger partial charge in [0.25, 0.3) is 5.91 Å². The Hall–Kier alpha value is -2.64. The molecule has 0 atom stereocenters. The normalized spacial score (nSPS) is 19.8. The van der Waals surface area contributed by atoms with Crippen molar-refractivity contribution in [2.75, 3.05) is 32.8 Å². The molecule has 1 aromatic carbocycles. The zero-order chi connectivity index (χ0) is 19.8. The largest absolute Gasteiger partial charge is 0.378 e. The number of fused-ring (bicyclic) bond motifs is 1. The van der Waals surface area contributed by atoms with E-state index >= 15 is 0 Å². The van der Waals surface area contributed by atoms with Crippen LogP contribution in [0.1, 0.15) is 28.8 Å². The molecule has 1 amide bonds. The third-order valence-corrected chi connectivity index (χ3v) is 6.46. The Kier molecular flexibility index (Phi) is 4.64. The number of aryl methyl sites for hydroxylation is 1. The van der Waals surface area contributed by atoms with Crippen LogP contribution < -0.4 is 0 Å². The second-order valence-electron chi connectivity index (χ2n) is 8.29. The van der Waals surface area contributed by atoms with Gasteiger partial charge in [0, 0.05) is 67.8 Å². The Morgan fingerprint density at radius 2 is 2.10 bits per heavy atom. The van der Waals surface area contributed by atoms with Crippen molar-refractivity contribution in [2.24, 2.45) is 7.05 Å². The SMILES string of the molecule is Cn1cc(CN2CCOCC23CCN(C(=O)c2ccc4cc[nH]c4c2)CC3)cn1. The summed E-state index contributed by atoms with van der Waals surface area (Å²) in [6.45, 7) is 4.83. The lowest BCUT2D eigenvalue weighted by atomic mass is 9.84. The van der Waals surface area contributed by atoms with Gasteiger partial charge in [-0.05, 0) is 36.4 Å². The first-order valence-electron chi connectivity index (χ1n) is 10.3. The molecule has 2 aromatic heterocycles. The number of aromatic nitrogens is 3. The number of piperidine rings is 1. The van der Waals surface area contributed by atoms with E-state index in [4.69, 9.17) is 4.74 Å². The average molecular weight is 393 g/mol. The van der Waals surface area contributed by atoms with Crippen molar-refractivity contribution in [3.05, 3.63) is 54.0 Å². The molecule has 5 rings (SSSR count). The fourth-order valence-electron chi connectivity index (χ4n) is 4.74. The molecule has 0 bridgehead atoms. The van der Waals surface area contributed by atoms with Gasteiger partial charge in [0.05, 0.1) is 19.4 Å². The quantitative estimate of drug-likeness (QED) is 0.742. The molecule has 0 aliphatic carbocycles. The van der Waals surface area contributed by atoms with E-state index in [9.17, 15) is 4.79 Å². The molecule has 0 saturated carbocycles. The maximum atomic E-state index is 13.1. The van der Waals surface area contributed by atoms with Crippen molar-refractivity contribution >= 4 is 16.8 Å². The number of nitrogens with one attached hydrogen (secondary N) is 1. The van der Waals surface area contributed by atoms with Crippen molar-refractivity contribution in [1.29, 1.82) is 0 Å². The van der Waals surface area contributed by atoms with Crippen LogP contribution in [-0.2, 0) is 18.3 Å². The number of nitrogens with zero attached hydrogens (tertiary/aromatic N) is 4. The fraction of sp³-hybridized carbons (Fsp3) is 0.455. The van der Waals surface area contributed by atoms with E-state index in [-0.39, 0.29) is 11.4 Å². The summed E-state index contributed by atoms with van der Waals surface area (Å²) in [5.74, 6) is 0.117. The van der Waals surface area contributed by atoms with Crippen LogP contribution in [0.4, 0.5) is 0 Å². The number of ether oxygens (including phenoxy) is 1. The van der Waals surface area contributed by atoms with Gasteiger partial charge in [-0.3, -0.25) is 14.4 Å². The minimum Gasteiger partial charge on any atom is -0.378 e. The van der Waals surface area contributed by atoms with Gasteiger partial charge in [0.2, 0.25) is 0 Å². The maximum absolute atomic E-state index is 13.1. The van der Waals surface area contributed by atoms with Gasteiger partial charge in [-0.2, -0.15) is 5.10 Å². The molecular weight excluding hydrogens is 366 g/mol. The van der Waals surface area contributed by atoms with Gasteiger partial charge in [-0.1, -0.05) is 6.07 Å². The molecule has 2 fully saturated rings. The van der Waals surface area contributed by atoms with Gasteiger partial charge in [0.1, 0.15) is 0 Å². The summed E-state index contributed by atoms with van der Waals surface area (Å²) in [4.78, 5) is 20.8. The average Bonchev–Trinajstić information content (AvgIpc) is 3.38. The van der Waals surface area contributed by atoms with Crippen LogP contribution in [0, 0.1) is 0 Å². The number of aromatic amines is 1. The monoisotopic (exact) mass is 393 g/mol. The molecule has 1 N–H and O–H groups in total. The number of rotatable bonds is 3. The summed E-state index contributed by atoms with van der Waals surface area (Å²) >= 11 is 0. The standard InChI is InChI=1S/C22H27N5O2/c1-25-14-17(13-24-25)15-27-10-11-29-16-22(27)5-8-26(9-6-22)21(28)19-3-2-18-4-7-23-20(18)12-19/h2-4,7,12-14,23H,5-6,8-11,15-16H2,1H3. The van der Waals surface area contributed by atoms with Crippen molar-refractivity contribution in [2.45, 2.75) is 24.9 Å². The molecule has 0 unspecified atom stereocenters. The van der Waals surface area contributed by atoms with Crippen LogP contribution in [0.25, 0.3) is 10.9 Å².